The molecule has 0 fully saturated rings. The van der Waals surface area contributed by atoms with Gasteiger partial charge in [0, 0.05) is 6.20 Å². The number of carboxylic acid groups (broad SMARTS) is 1. The molecule has 0 aliphatic heterocycles. The van der Waals surface area contributed by atoms with Crippen molar-refractivity contribution >= 4 is 34.4 Å². The van der Waals surface area contributed by atoms with Gasteiger partial charge >= 0.3 is 12.1 Å². The van der Waals surface area contributed by atoms with Gasteiger partial charge in [-0.05, 0) is 41.1 Å². The quantitative estimate of drug-likeness (QED) is 0.705. The number of halogens is 4. The van der Waals surface area contributed by atoms with Crippen molar-refractivity contribution in [2.45, 2.75) is 13.1 Å². The van der Waals surface area contributed by atoms with Crippen molar-refractivity contribution in [3.8, 4) is 0 Å². The van der Waals surface area contributed by atoms with Crippen LogP contribution >= 0.6 is 22.6 Å². The molecule has 0 saturated heterocycles. The van der Waals surface area contributed by atoms with Crippen LogP contribution in [0.25, 0.3) is 0 Å². The monoisotopic (exact) mass is 348 g/mol. The molecule has 8 heteroatoms. The summed E-state index contributed by atoms with van der Waals surface area (Å²) < 4.78 is 32.8. The largest absolute Gasteiger partial charge is 0.490 e. The molecule has 0 saturated carbocycles. The molecule has 0 amide bonds. The van der Waals surface area contributed by atoms with Gasteiger partial charge in [0.15, 0.2) is 0 Å². The van der Waals surface area contributed by atoms with Crippen molar-refractivity contribution < 1.29 is 23.1 Å². The predicted octanol–water partition coefficient (Wildman–Crippen LogP) is 2.21. The first kappa shape index (κ1) is 14.9. The van der Waals surface area contributed by atoms with E-state index in [2.05, 4.69) is 27.6 Å². The second kappa shape index (κ2) is 5.87. The molecule has 3 N–H and O–H groups in total. The highest BCUT2D eigenvalue weighted by atomic mass is 127. The molecule has 1 rings (SSSR count). The number of carbonyl (C=O) groups is 1. The Balaban J connectivity index is 0.000000293. The van der Waals surface area contributed by atoms with Crippen LogP contribution in [0.2, 0.25) is 0 Å². The number of nitrogens with zero attached hydrogens (tertiary/aromatic N) is 1. The Kier molecular flexibility index (Phi) is 5.48. The molecule has 1 aromatic heterocycles. The molecule has 0 aliphatic carbocycles. The molecule has 0 spiro atoms. The highest BCUT2D eigenvalue weighted by Crippen LogP contribution is 2.13. The van der Waals surface area contributed by atoms with E-state index in [-0.39, 0.29) is 0 Å². The number of hydrogen-bond donors (Lipinski definition) is 2. The van der Waals surface area contributed by atoms with Gasteiger partial charge in [-0.2, -0.15) is 13.2 Å². The molecular formula is C8H8F3IN2O2. The van der Waals surface area contributed by atoms with Gasteiger partial charge in [0.1, 0.15) is 5.82 Å². The molecule has 0 unspecified atom stereocenters. The minimum Gasteiger partial charge on any atom is -0.475 e. The van der Waals surface area contributed by atoms with E-state index < -0.39 is 12.1 Å². The fraction of sp³-hybridized carbons (Fsp3) is 0.250. The Morgan fingerprint density at radius 1 is 1.56 bits per heavy atom. The normalized spacial score (nSPS) is 10.3. The van der Waals surface area contributed by atoms with Crippen LogP contribution in [0, 0.1) is 10.5 Å². The predicted molar refractivity (Wildman–Crippen MR) is 59.8 cm³/mol. The lowest BCUT2D eigenvalue weighted by Crippen LogP contribution is -2.21. The molecule has 0 radical (unpaired) electrons. The summed E-state index contributed by atoms with van der Waals surface area (Å²) in [5, 5.41) is 7.12. The van der Waals surface area contributed by atoms with E-state index in [9.17, 15) is 13.2 Å². The second-order valence-corrected chi connectivity index (χ2v) is 3.84. The Morgan fingerprint density at radius 3 is 2.25 bits per heavy atom. The van der Waals surface area contributed by atoms with Crippen LogP contribution in [0.4, 0.5) is 19.0 Å². The minimum atomic E-state index is -5.08. The number of aryl methyl sites for hydroxylation is 1. The SMILES string of the molecule is Cc1cnc(N)c(I)c1.O=C(O)C(F)(F)F. The van der Waals surface area contributed by atoms with Crippen molar-refractivity contribution in [3.63, 3.8) is 0 Å². The van der Waals surface area contributed by atoms with Gasteiger partial charge < -0.3 is 10.8 Å². The first-order valence-electron chi connectivity index (χ1n) is 3.82. The first-order valence-corrected chi connectivity index (χ1v) is 4.90. The second-order valence-electron chi connectivity index (χ2n) is 2.68. The molecule has 0 aromatic carbocycles. The fourth-order valence-corrected chi connectivity index (χ4v) is 1.17. The van der Waals surface area contributed by atoms with Crippen LogP contribution in [0.1, 0.15) is 5.56 Å². The number of hydrogen-bond acceptors (Lipinski definition) is 3. The molecule has 1 aromatic rings. The Hall–Kier alpha value is -1.06. The highest BCUT2D eigenvalue weighted by Gasteiger charge is 2.38. The summed E-state index contributed by atoms with van der Waals surface area (Å²) >= 11 is 2.16. The van der Waals surface area contributed by atoms with Gasteiger partial charge in [-0.15, -0.1) is 0 Å². The minimum absolute atomic E-state index is 0.612. The molecule has 1 heterocycles. The van der Waals surface area contributed by atoms with Crippen molar-refractivity contribution in [1.29, 1.82) is 0 Å². The molecule has 16 heavy (non-hydrogen) atoms. The number of aromatic nitrogens is 1. The van der Waals surface area contributed by atoms with Gasteiger partial charge in [0.2, 0.25) is 0 Å². The van der Waals surface area contributed by atoms with E-state index in [0.717, 1.165) is 9.13 Å². The summed E-state index contributed by atoms with van der Waals surface area (Å²) in [6.45, 7) is 1.99. The summed E-state index contributed by atoms with van der Waals surface area (Å²) in [4.78, 5) is 12.8. The van der Waals surface area contributed by atoms with Crippen molar-refractivity contribution in [3.05, 3.63) is 21.4 Å². The smallest absolute Gasteiger partial charge is 0.475 e. The summed E-state index contributed by atoms with van der Waals surface area (Å²) in [5.74, 6) is -2.14. The summed E-state index contributed by atoms with van der Waals surface area (Å²) in [5.41, 5.74) is 6.62. The van der Waals surface area contributed by atoms with Gasteiger partial charge in [-0.25, -0.2) is 9.78 Å². The lowest BCUT2D eigenvalue weighted by Gasteiger charge is -1.95. The van der Waals surface area contributed by atoms with Crippen LogP contribution < -0.4 is 5.73 Å². The van der Waals surface area contributed by atoms with Gasteiger partial charge in [0.05, 0.1) is 3.57 Å². The lowest BCUT2D eigenvalue weighted by molar-refractivity contribution is -0.192. The third-order valence-electron chi connectivity index (χ3n) is 1.25. The summed E-state index contributed by atoms with van der Waals surface area (Å²) in [6, 6.07) is 2.00. The number of nitrogen functional groups attached to an aromatic ring is 1. The lowest BCUT2D eigenvalue weighted by atomic mass is 10.3. The van der Waals surface area contributed by atoms with Gasteiger partial charge in [-0.1, -0.05) is 0 Å². The molecule has 0 aliphatic rings. The maximum Gasteiger partial charge on any atom is 0.490 e. The maximum atomic E-state index is 10.6. The van der Waals surface area contributed by atoms with E-state index >= 15 is 0 Å². The maximum absolute atomic E-state index is 10.6. The average Bonchev–Trinajstić information content (AvgIpc) is 2.11. The Bertz CT molecular complexity index is 382. The van der Waals surface area contributed by atoms with E-state index in [1.54, 1.807) is 6.20 Å². The number of alkyl halides is 3. The fourth-order valence-electron chi connectivity index (χ4n) is 0.544. The zero-order valence-electron chi connectivity index (χ0n) is 8.05. The molecule has 0 atom stereocenters. The number of nitrogens with two attached hydrogens (primary N) is 1. The van der Waals surface area contributed by atoms with Crippen LogP contribution in [0.15, 0.2) is 12.3 Å². The number of anilines is 1. The van der Waals surface area contributed by atoms with Gasteiger partial charge in [0.25, 0.3) is 0 Å². The van der Waals surface area contributed by atoms with Gasteiger partial charge in [-0.3, -0.25) is 0 Å². The summed E-state index contributed by atoms with van der Waals surface area (Å²) in [7, 11) is 0. The van der Waals surface area contributed by atoms with E-state index in [1.807, 2.05) is 13.0 Å². The number of carboxylic acids is 1. The molecule has 90 valence electrons. The van der Waals surface area contributed by atoms with Crippen molar-refractivity contribution in [2.75, 3.05) is 5.73 Å². The van der Waals surface area contributed by atoms with Crippen molar-refractivity contribution in [1.82, 2.24) is 4.98 Å². The number of aliphatic carboxylic acids is 1. The number of pyridine rings is 1. The standard InChI is InChI=1S/C6H7IN2.C2HF3O2/c1-4-2-5(7)6(8)9-3-4;3-2(4,5)1(6)7/h2-3H,1H3,(H2,8,9);(H,6,7). The zero-order chi connectivity index (χ0) is 12.9. The highest BCUT2D eigenvalue weighted by molar-refractivity contribution is 14.1. The van der Waals surface area contributed by atoms with Crippen LogP contribution in [0.5, 0.6) is 0 Å². The van der Waals surface area contributed by atoms with E-state index in [0.29, 0.717) is 5.82 Å². The van der Waals surface area contributed by atoms with Crippen molar-refractivity contribution in [2.24, 2.45) is 0 Å². The van der Waals surface area contributed by atoms with E-state index in [1.165, 1.54) is 0 Å². The summed E-state index contributed by atoms with van der Waals surface area (Å²) in [6.07, 6.45) is -3.32. The molecule has 0 bridgehead atoms. The Morgan fingerprint density at radius 2 is 2.00 bits per heavy atom. The zero-order valence-corrected chi connectivity index (χ0v) is 10.2. The third-order valence-corrected chi connectivity index (χ3v) is 2.11. The average molecular weight is 348 g/mol. The van der Waals surface area contributed by atoms with Crippen LogP contribution in [-0.2, 0) is 4.79 Å². The third kappa shape index (κ3) is 5.73. The first-order chi connectivity index (χ1) is 7.14. The van der Waals surface area contributed by atoms with Crippen LogP contribution in [-0.4, -0.2) is 22.2 Å². The molecular weight excluding hydrogens is 340 g/mol. The molecule has 4 nitrogen and oxygen atoms in total. The van der Waals surface area contributed by atoms with E-state index in [4.69, 9.17) is 15.6 Å². The Labute approximate surface area is 103 Å². The number of rotatable bonds is 0. The van der Waals surface area contributed by atoms with Crippen LogP contribution in [0.3, 0.4) is 0 Å². The topological polar surface area (TPSA) is 76.2 Å².